The van der Waals surface area contributed by atoms with Crippen molar-refractivity contribution in [1.29, 1.82) is 0 Å². The molecule has 0 N–H and O–H groups in total. The fraction of sp³-hybridized carbons (Fsp3) is 0.385. The average molecular weight is 340 g/mol. The Balaban J connectivity index is 1.89. The van der Waals surface area contributed by atoms with E-state index in [1.165, 1.54) is 10.4 Å². The first-order valence-electron chi connectivity index (χ1n) is 6.38. The zero-order valence-corrected chi connectivity index (χ0v) is 14.5. The topological polar surface area (TPSA) is 56.5 Å². The number of thioether (sulfide) groups is 1. The van der Waals surface area contributed by atoms with Crippen LogP contribution in [0.1, 0.15) is 22.1 Å². The predicted molar refractivity (Wildman–Crippen MR) is 87.2 cm³/mol. The number of thiophene rings is 1. The summed E-state index contributed by atoms with van der Waals surface area (Å²) in [6.07, 6.45) is 0. The summed E-state index contributed by atoms with van der Waals surface area (Å²) < 4.78 is 1.95. The molecule has 21 heavy (non-hydrogen) atoms. The van der Waals surface area contributed by atoms with Crippen molar-refractivity contribution in [3.05, 3.63) is 27.2 Å². The number of hydrogen-bond donors (Lipinski definition) is 0. The molecule has 5 nitrogen and oxygen atoms in total. The van der Waals surface area contributed by atoms with Gasteiger partial charge in [-0.2, -0.15) is 0 Å². The molecule has 0 fully saturated rings. The van der Waals surface area contributed by atoms with Crippen molar-refractivity contribution in [1.82, 2.24) is 24.7 Å². The molecule has 0 radical (unpaired) electrons. The Morgan fingerprint density at radius 2 is 1.95 bits per heavy atom. The summed E-state index contributed by atoms with van der Waals surface area (Å²) in [5.74, 6) is 2.23. The lowest BCUT2D eigenvalue weighted by Gasteiger charge is -2.03. The number of halogens is 1. The Kier molecular flexibility index (Phi) is 3.90. The molecule has 3 aromatic rings. The first-order valence-corrected chi connectivity index (χ1v) is 8.56. The number of aryl methyl sites for hydroxylation is 3. The van der Waals surface area contributed by atoms with Crippen molar-refractivity contribution in [2.24, 2.45) is 7.05 Å². The van der Waals surface area contributed by atoms with Crippen LogP contribution in [0.25, 0.3) is 10.2 Å². The number of hydrogen-bond acceptors (Lipinski definition) is 6. The van der Waals surface area contributed by atoms with Crippen LogP contribution >= 0.6 is 34.7 Å². The van der Waals surface area contributed by atoms with Crippen LogP contribution in [-0.2, 0) is 12.8 Å². The largest absolute Gasteiger partial charge is 0.309 e. The molecular weight excluding hydrogens is 326 g/mol. The molecule has 3 heterocycles. The molecule has 0 saturated carbocycles. The van der Waals surface area contributed by atoms with Gasteiger partial charge in [-0.25, -0.2) is 9.97 Å². The normalized spacial score (nSPS) is 11.5. The standard InChI is InChI=1S/C13H14ClN5S2/c1-6-7(2)21-12-10(6)11(14)15-9(16-12)5-20-13-18-17-8(3)19(13)4/h5H2,1-4H3. The minimum absolute atomic E-state index is 0.534. The molecule has 8 heteroatoms. The third-order valence-electron chi connectivity index (χ3n) is 3.41. The number of rotatable bonds is 3. The lowest BCUT2D eigenvalue weighted by molar-refractivity contribution is 0.765. The molecule has 3 rings (SSSR count). The Hall–Kier alpha value is -1.18. The quantitative estimate of drug-likeness (QED) is 0.538. The molecule has 0 atom stereocenters. The Morgan fingerprint density at radius 1 is 1.19 bits per heavy atom. The highest BCUT2D eigenvalue weighted by Gasteiger charge is 2.14. The van der Waals surface area contributed by atoms with Crippen molar-refractivity contribution in [3.63, 3.8) is 0 Å². The highest BCUT2D eigenvalue weighted by Crippen LogP contribution is 2.33. The fourth-order valence-corrected chi connectivity index (χ4v) is 4.19. The summed E-state index contributed by atoms with van der Waals surface area (Å²) in [5.41, 5.74) is 1.17. The highest BCUT2D eigenvalue weighted by atomic mass is 35.5. The van der Waals surface area contributed by atoms with Gasteiger partial charge in [0.2, 0.25) is 0 Å². The van der Waals surface area contributed by atoms with Crippen LogP contribution < -0.4 is 0 Å². The molecule has 0 saturated heterocycles. The summed E-state index contributed by atoms with van der Waals surface area (Å²) >= 11 is 9.53. The first kappa shape index (κ1) is 14.7. The average Bonchev–Trinajstić information content (AvgIpc) is 2.90. The molecular formula is C13H14ClN5S2. The van der Waals surface area contributed by atoms with Gasteiger partial charge >= 0.3 is 0 Å². The molecule has 3 aromatic heterocycles. The molecule has 0 bridgehead atoms. The lowest BCUT2D eigenvalue weighted by atomic mass is 10.2. The van der Waals surface area contributed by atoms with E-state index >= 15 is 0 Å². The smallest absolute Gasteiger partial charge is 0.191 e. The number of fused-ring (bicyclic) bond motifs is 1. The minimum Gasteiger partial charge on any atom is -0.309 e. The van der Waals surface area contributed by atoms with Gasteiger partial charge in [-0.05, 0) is 26.3 Å². The molecule has 0 aliphatic heterocycles. The maximum atomic E-state index is 6.31. The van der Waals surface area contributed by atoms with Gasteiger partial charge in [-0.15, -0.1) is 21.5 Å². The van der Waals surface area contributed by atoms with Gasteiger partial charge in [0.1, 0.15) is 21.6 Å². The summed E-state index contributed by atoms with van der Waals surface area (Å²) in [6.45, 7) is 6.06. The summed E-state index contributed by atoms with van der Waals surface area (Å²) in [6, 6.07) is 0. The van der Waals surface area contributed by atoms with E-state index in [-0.39, 0.29) is 0 Å². The van der Waals surface area contributed by atoms with Gasteiger partial charge in [0.05, 0.1) is 11.1 Å². The van der Waals surface area contributed by atoms with Crippen molar-refractivity contribution in [3.8, 4) is 0 Å². The van der Waals surface area contributed by atoms with E-state index in [0.29, 0.717) is 10.9 Å². The van der Waals surface area contributed by atoms with Crippen LogP contribution in [-0.4, -0.2) is 24.7 Å². The molecule has 0 aliphatic carbocycles. The van der Waals surface area contributed by atoms with Crippen LogP contribution in [0.15, 0.2) is 5.16 Å². The Bertz CT molecular complexity index is 824. The summed E-state index contributed by atoms with van der Waals surface area (Å²) in [5, 5.41) is 10.5. The third kappa shape index (κ3) is 2.65. The Morgan fingerprint density at radius 3 is 2.62 bits per heavy atom. The van der Waals surface area contributed by atoms with Crippen LogP contribution in [0.3, 0.4) is 0 Å². The molecule has 0 spiro atoms. The second kappa shape index (κ2) is 5.55. The van der Waals surface area contributed by atoms with E-state index in [1.807, 2.05) is 18.5 Å². The third-order valence-corrected chi connectivity index (χ3v) is 5.80. The zero-order chi connectivity index (χ0) is 15.1. The number of nitrogens with zero attached hydrogens (tertiary/aromatic N) is 5. The van der Waals surface area contributed by atoms with Crippen molar-refractivity contribution in [2.75, 3.05) is 0 Å². The van der Waals surface area contributed by atoms with Gasteiger partial charge < -0.3 is 4.57 Å². The first-order chi connectivity index (χ1) is 9.97. The van der Waals surface area contributed by atoms with E-state index in [1.54, 1.807) is 23.1 Å². The monoisotopic (exact) mass is 339 g/mol. The van der Waals surface area contributed by atoms with E-state index in [0.717, 1.165) is 27.0 Å². The van der Waals surface area contributed by atoms with E-state index in [2.05, 4.69) is 34.0 Å². The van der Waals surface area contributed by atoms with Crippen LogP contribution in [0.2, 0.25) is 5.15 Å². The molecule has 0 aliphatic rings. The van der Waals surface area contributed by atoms with Crippen molar-refractivity contribution < 1.29 is 0 Å². The zero-order valence-electron chi connectivity index (χ0n) is 12.1. The molecule has 0 aromatic carbocycles. The Labute approximate surface area is 135 Å². The maximum absolute atomic E-state index is 6.31. The summed E-state index contributed by atoms with van der Waals surface area (Å²) in [7, 11) is 1.95. The van der Waals surface area contributed by atoms with Gasteiger partial charge in [-0.3, -0.25) is 0 Å². The maximum Gasteiger partial charge on any atom is 0.191 e. The SMILES string of the molecule is Cc1sc2nc(CSc3nnc(C)n3C)nc(Cl)c2c1C. The second-order valence-electron chi connectivity index (χ2n) is 4.77. The highest BCUT2D eigenvalue weighted by molar-refractivity contribution is 7.98. The van der Waals surface area contributed by atoms with Gasteiger partial charge in [0.25, 0.3) is 0 Å². The van der Waals surface area contributed by atoms with Gasteiger partial charge in [0.15, 0.2) is 5.16 Å². The van der Waals surface area contributed by atoms with Gasteiger partial charge in [0, 0.05) is 11.9 Å². The molecule has 0 unspecified atom stereocenters. The van der Waals surface area contributed by atoms with Crippen LogP contribution in [0.5, 0.6) is 0 Å². The fourth-order valence-electron chi connectivity index (χ4n) is 1.95. The van der Waals surface area contributed by atoms with E-state index in [4.69, 9.17) is 11.6 Å². The van der Waals surface area contributed by atoms with Crippen molar-refractivity contribution >= 4 is 44.9 Å². The lowest BCUT2D eigenvalue weighted by Crippen LogP contribution is -1.97. The number of aromatic nitrogens is 5. The van der Waals surface area contributed by atoms with Crippen LogP contribution in [0, 0.1) is 20.8 Å². The van der Waals surface area contributed by atoms with Crippen LogP contribution in [0.4, 0.5) is 0 Å². The molecule has 110 valence electrons. The van der Waals surface area contributed by atoms with Crippen molar-refractivity contribution in [2.45, 2.75) is 31.7 Å². The van der Waals surface area contributed by atoms with E-state index in [9.17, 15) is 0 Å². The molecule has 0 amide bonds. The summed E-state index contributed by atoms with van der Waals surface area (Å²) in [4.78, 5) is 11.2. The van der Waals surface area contributed by atoms with E-state index < -0.39 is 0 Å². The second-order valence-corrected chi connectivity index (χ2v) is 7.28. The predicted octanol–water partition coefficient (Wildman–Crippen LogP) is 3.69. The van der Waals surface area contributed by atoms with Gasteiger partial charge in [-0.1, -0.05) is 23.4 Å². The minimum atomic E-state index is 0.534.